The predicted octanol–water partition coefficient (Wildman–Crippen LogP) is 3.11. The lowest BCUT2D eigenvalue weighted by Crippen LogP contribution is -2.55. The Kier molecular flexibility index (Phi) is 5.60. The van der Waals surface area contributed by atoms with Crippen molar-refractivity contribution in [3.05, 3.63) is 31.4 Å². The van der Waals surface area contributed by atoms with Gasteiger partial charge in [0.25, 0.3) is 0 Å². The van der Waals surface area contributed by atoms with E-state index in [0.29, 0.717) is 5.92 Å². The van der Waals surface area contributed by atoms with Crippen LogP contribution in [0.5, 0.6) is 0 Å². The van der Waals surface area contributed by atoms with Gasteiger partial charge in [-0.2, -0.15) is 0 Å². The molecule has 0 fully saturated rings. The standard InChI is InChI=1S/C15H27N2O/c1-6-14(7-2)12-18-15(5,8-3)17-11-10-16(9-4)13-17/h6,10-11,13-14H,1,7-9,12H2,2-5H3/q+1. The van der Waals surface area contributed by atoms with E-state index in [1.807, 2.05) is 6.08 Å². The summed E-state index contributed by atoms with van der Waals surface area (Å²) in [6.45, 7) is 14.2. The Balaban J connectivity index is 2.75. The highest BCUT2D eigenvalue weighted by molar-refractivity contribution is 4.77. The van der Waals surface area contributed by atoms with Gasteiger partial charge >= 0.3 is 0 Å². The van der Waals surface area contributed by atoms with Crippen molar-refractivity contribution in [2.75, 3.05) is 6.61 Å². The largest absolute Gasteiger partial charge is 0.336 e. The Morgan fingerprint density at radius 1 is 1.44 bits per heavy atom. The van der Waals surface area contributed by atoms with Gasteiger partial charge < -0.3 is 4.74 Å². The van der Waals surface area contributed by atoms with Crippen molar-refractivity contribution in [2.45, 2.75) is 52.8 Å². The first-order valence-electron chi connectivity index (χ1n) is 6.93. The first-order chi connectivity index (χ1) is 8.59. The molecule has 0 spiro atoms. The van der Waals surface area contributed by atoms with Gasteiger partial charge in [-0.25, -0.2) is 9.13 Å². The molecule has 2 atom stereocenters. The fraction of sp³-hybridized carbons (Fsp3) is 0.667. The van der Waals surface area contributed by atoms with Crippen LogP contribution in [0.15, 0.2) is 31.4 Å². The average Bonchev–Trinajstić information content (AvgIpc) is 2.89. The molecule has 1 heterocycles. The van der Waals surface area contributed by atoms with Crippen molar-refractivity contribution < 1.29 is 9.30 Å². The molecule has 0 aliphatic heterocycles. The van der Waals surface area contributed by atoms with Crippen molar-refractivity contribution >= 4 is 0 Å². The maximum Gasteiger partial charge on any atom is 0.246 e. The smallest absolute Gasteiger partial charge is 0.246 e. The third kappa shape index (κ3) is 3.45. The molecule has 0 aromatic carbocycles. The topological polar surface area (TPSA) is 18.0 Å². The minimum Gasteiger partial charge on any atom is -0.336 e. The highest BCUT2D eigenvalue weighted by atomic mass is 16.5. The van der Waals surface area contributed by atoms with E-state index < -0.39 is 0 Å². The summed E-state index contributed by atoms with van der Waals surface area (Å²) in [7, 11) is 0. The molecule has 0 aliphatic carbocycles. The highest BCUT2D eigenvalue weighted by Gasteiger charge is 2.31. The molecule has 0 aliphatic rings. The second kappa shape index (κ2) is 6.74. The van der Waals surface area contributed by atoms with E-state index in [-0.39, 0.29) is 5.72 Å². The zero-order valence-corrected chi connectivity index (χ0v) is 12.2. The van der Waals surface area contributed by atoms with Crippen LogP contribution in [0.1, 0.15) is 40.5 Å². The number of hydrogen-bond acceptors (Lipinski definition) is 1. The maximum absolute atomic E-state index is 6.14. The number of aryl methyl sites for hydroxylation is 1. The Bertz CT molecular complexity index is 372. The first kappa shape index (κ1) is 15.0. The number of nitrogens with zero attached hydrogens (tertiary/aromatic N) is 2. The Morgan fingerprint density at radius 2 is 2.17 bits per heavy atom. The van der Waals surface area contributed by atoms with Gasteiger partial charge in [0, 0.05) is 13.3 Å². The normalized spacial score (nSPS) is 16.2. The summed E-state index contributed by atoms with van der Waals surface area (Å²) < 4.78 is 10.5. The molecule has 3 nitrogen and oxygen atoms in total. The molecular weight excluding hydrogens is 224 g/mol. The van der Waals surface area contributed by atoms with Crippen LogP contribution < -0.4 is 4.57 Å². The van der Waals surface area contributed by atoms with E-state index in [9.17, 15) is 0 Å². The SMILES string of the molecule is C=CC(CC)COC(C)(CC)[n+]1ccn(CC)c1. The predicted molar refractivity (Wildman–Crippen MR) is 74.2 cm³/mol. The van der Waals surface area contributed by atoms with Crippen LogP contribution >= 0.6 is 0 Å². The van der Waals surface area contributed by atoms with Gasteiger partial charge in [-0.15, -0.1) is 6.58 Å². The molecule has 0 saturated heterocycles. The van der Waals surface area contributed by atoms with E-state index in [2.05, 4.69) is 62.1 Å². The molecule has 0 radical (unpaired) electrons. The molecule has 18 heavy (non-hydrogen) atoms. The Hall–Kier alpha value is -1.09. The van der Waals surface area contributed by atoms with E-state index in [4.69, 9.17) is 4.74 Å². The Labute approximate surface area is 111 Å². The highest BCUT2D eigenvalue weighted by Crippen LogP contribution is 2.17. The fourth-order valence-corrected chi connectivity index (χ4v) is 1.86. The summed E-state index contributed by atoms with van der Waals surface area (Å²) in [5.74, 6) is 0.435. The third-order valence-electron chi connectivity index (χ3n) is 3.72. The zero-order chi connectivity index (χ0) is 13.6. The zero-order valence-electron chi connectivity index (χ0n) is 12.2. The molecule has 1 aromatic heterocycles. The molecule has 0 N–H and O–H groups in total. The molecular formula is C15H27N2O+. The van der Waals surface area contributed by atoms with Crippen LogP contribution in [-0.4, -0.2) is 11.2 Å². The number of hydrogen-bond donors (Lipinski definition) is 0. The average molecular weight is 251 g/mol. The Morgan fingerprint density at radius 3 is 2.61 bits per heavy atom. The van der Waals surface area contributed by atoms with E-state index in [1.165, 1.54) is 0 Å². The van der Waals surface area contributed by atoms with Crippen LogP contribution in [0, 0.1) is 5.92 Å². The molecule has 0 bridgehead atoms. The van der Waals surface area contributed by atoms with Crippen molar-refractivity contribution in [3.63, 3.8) is 0 Å². The van der Waals surface area contributed by atoms with Crippen LogP contribution in [0.3, 0.4) is 0 Å². The lowest BCUT2D eigenvalue weighted by atomic mass is 10.1. The maximum atomic E-state index is 6.14. The molecule has 2 unspecified atom stereocenters. The van der Waals surface area contributed by atoms with Gasteiger partial charge in [0.1, 0.15) is 12.4 Å². The van der Waals surface area contributed by atoms with Gasteiger partial charge in [0.05, 0.1) is 13.2 Å². The monoisotopic (exact) mass is 251 g/mol. The molecule has 0 amide bonds. The number of imidazole rings is 1. The van der Waals surface area contributed by atoms with Crippen LogP contribution in [0.2, 0.25) is 0 Å². The molecule has 0 saturated carbocycles. The summed E-state index contributed by atoms with van der Waals surface area (Å²) in [6, 6.07) is 0. The second-order valence-corrected chi connectivity index (χ2v) is 4.89. The van der Waals surface area contributed by atoms with Crippen molar-refractivity contribution in [1.82, 2.24) is 4.57 Å². The first-order valence-corrected chi connectivity index (χ1v) is 6.93. The van der Waals surface area contributed by atoms with Crippen molar-refractivity contribution in [1.29, 1.82) is 0 Å². The summed E-state index contributed by atoms with van der Waals surface area (Å²) in [5.41, 5.74) is -0.267. The summed E-state index contributed by atoms with van der Waals surface area (Å²) in [5, 5.41) is 0. The van der Waals surface area contributed by atoms with Gasteiger partial charge in [-0.05, 0) is 19.3 Å². The summed E-state index contributed by atoms with van der Waals surface area (Å²) >= 11 is 0. The second-order valence-electron chi connectivity index (χ2n) is 4.89. The van der Waals surface area contributed by atoms with E-state index >= 15 is 0 Å². The van der Waals surface area contributed by atoms with E-state index in [1.54, 1.807) is 0 Å². The number of aromatic nitrogens is 2. The van der Waals surface area contributed by atoms with Crippen LogP contribution in [0.25, 0.3) is 0 Å². The third-order valence-corrected chi connectivity index (χ3v) is 3.72. The number of rotatable bonds is 8. The van der Waals surface area contributed by atoms with E-state index in [0.717, 1.165) is 26.0 Å². The molecule has 1 aromatic rings. The van der Waals surface area contributed by atoms with Gasteiger partial charge in [-0.3, -0.25) is 0 Å². The molecule has 102 valence electrons. The summed E-state index contributed by atoms with van der Waals surface area (Å²) in [4.78, 5) is 0. The van der Waals surface area contributed by atoms with Crippen LogP contribution in [-0.2, 0) is 17.0 Å². The van der Waals surface area contributed by atoms with Crippen molar-refractivity contribution in [2.24, 2.45) is 5.92 Å². The van der Waals surface area contributed by atoms with Gasteiger partial charge in [0.15, 0.2) is 0 Å². The minimum atomic E-state index is -0.267. The van der Waals surface area contributed by atoms with Crippen molar-refractivity contribution in [3.8, 4) is 0 Å². The summed E-state index contributed by atoms with van der Waals surface area (Å²) in [6.07, 6.45) is 10.3. The van der Waals surface area contributed by atoms with Gasteiger partial charge in [0.2, 0.25) is 12.1 Å². The molecule has 1 rings (SSSR count). The fourth-order valence-electron chi connectivity index (χ4n) is 1.86. The van der Waals surface area contributed by atoms with Gasteiger partial charge in [-0.1, -0.05) is 19.9 Å². The van der Waals surface area contributed by atoms with Crippen LogP contribution in [0.4, 0.5) is 0 Å². The quantitative estimate of drug-likeness (QED) is 0.513. The molecule has 3 heteroatoms. The lowest BCUT2D eigenvalue weighted by molar-refractivity contribution is -0.806. The minimum absolute atomic E-state index is 0.267. The lowest BCUT2D eigenvalue weighted by Gasteiger charge is -2.26. The number of ether oxygens (including phenoxy) is 1.